The molecule has 0 aromatic carbocycles. The summed E-state index contributed by atoms with van der Waals surface area (Å²) in [7, 11) is 0. The number of rotatable bonds is 5. The van der Waals surface area contributed by atoms with E-state index < -0.39 is 11.7 Å². The standard InChI is InChI=1S/C15H22N4O2S/c1-11-9-22-13(18-11)8-19-10-16-7-12(19)5-6-17-14(20)21-15(2,3)4/h7,9-10H,5-6,8H2,1-4H3,(H,17,20). The van der Waals surface area contributed by atoms with E-state index >= 15 is 0 Å². The molecular weight excluding hydrogens is 300 g/mol. The van der Waals surface area contributed by atoms with E-state index in [0.29, 0.717) is 19.5 Å². The molecule has 7 heteroatoms. The van der Waals surface area contributed by atoms with Crippen molar-refractivity contribution in [3.8, 4) is 0 Å². The van der Waals surface area contributed by atoms with E-state index in [1.165, 1.54) is 0 Å². The number of aromatic nitrogens is 3. The van der Waals surface area contributed by atoms with Crippen molar-refractivity contribution in [2.75, 3.05) is 6.54 Å². The van der Waals surface area contributed by atoms with Crippen LogP contribution in [-0.2, 0) is 17.7 Å². The summed E-state index contributed by atoms with van der Waals surface area (Å²) >= 11 is 1.64. The monoisotopic (exact) mass is 322 g/mol. The van der Waals surface area contributed by atoms with Crippen molar-refractivity contribution < 1.29 is 9.53 Å². The number of amides is 1. The number of nitrogens with one attached hydrogen (secondary N) is 1. The van der Waals surface area contributed by atoms with Crippen molar-refractivity contribution in [3.63, 3.8) is 0 Å². The predicted molar refractivity (Wildman–Crippen MR) is 86.1 cm³/mol. The van der Waals surface area contributed by atoms with Crippen LogP contribution in [0.15, 0.2) is 17.9 Å². The lowest BCUT2D eigenvalue weighted by molar-refractivity contribution is 0.0528. The number of hydrogen-bond donors (Lipinski definition) is 1. The highest BCUT2D eigenvalue weighted by Crippen LogP contribution is 2.12. The first-order valence-electron chi connectivity index (χ1n) is 7.20. The summed E-state index contributed by atoms with van der Waals surface area (Å²) in [6.07, 6.45) is 3.91. The van der Waals surface area contributed by atoms with Gasteiger partial charge in [-0.05, 0) is 27.7 Å². The van der Waals surface area contributed by atoms with E-state index in [4.69, 9.17) is 4.74 Å². The second kappa shape index (κ2) is 6.91. The van der Waals surface area contributed by atoms with Crippen LogP contribution in [-0.4, -0.2) is 32.8 Å². The van der Waals surface area contributed by atoms with Crippen LogP contribution in [0.4, 0.5) is 4.79 Å². The molecule has 0 fully saturated rings. The van der Waals surface area contributed by atoms with E-state index in [1.54, 1.807) is 17.7 Å². The average molecular weight is 322 g/mol. The van der Waals surface area contributed by atoms with Crippen molar-refractivity contribution in [2.45, 2.75) is 46.3 Å². The normalized spacial score (nSPS) is 11.5. The first kappa shape index (κ1) is 16.5. The Balaban J connectivity index is 1.84. The van der Waals surface area contributed by atoms with Gasteiger partial charge in [0.1, 0.15) is 10.6 Å². The zero-order chi connectivity index (χ0) is 16.2. The molecule has 0 aliphatic heterocycles. The Morgan fingerprint density at radius 3 is 2.86 bits per heavy atom. The fourth-order valence-electron chi connectivity index (χ4n) is 1.93. The maximum Gasteiger partial charge on any atom is 0.407 e. The van der Waals surface area contributed by atoms with Crippen LogP contribution in [0, 0.1) is 6.92 Å². The zero-order valence-corrected chi connectivity index (χ0v) is 14.2. The van der Waals surface area contributed by atoms with Gasteiger partial charge in [-0.2, -0.15) is 0 Å². The van der Waals surface area contributed by atoms with E-state index in [2.05, 4.69) is 19.9 Å². The minimum atomic E-state index is -0.478. The Morgan fingerprint density at radius 2 is 2.23 bits per heavy atom. The number of carbonyl (C=O) groups excluding carboxylic acids is 1. The van der Waals surface area contributed by atoms with Crippen LogP contribution < -0.4 is 5.32 Å². The van der Waals surface area contributed by atoms with E-state index in [9.17, 15) is 4.79 Å². The molecule has 2 rings (SSSR count). The molecule has 1 N–H and O–H groups in total. The van der Waals surface area contributed by atoms with Crippen LogP contribution in [0.2, 0.25) is 0 Å². The molecule has 2 aromatic rings. The molecule has 1 amide bonds. The summed E-state index contributed by atoms with van der Waals surface area (Å²) in [5.74, 6) is 0. The number of ether oxygens (including phenoxy) is 1. The maximum atomic E-state index is 11.6. The second-order valence-corrected chi connectivity index (χ2v) is 7.02. The molecule has 0 aliphatic carbocycles. The van der Waals surface area contributed by atoms with Crippen molar-refractivity contribution in [1.29, 1.82) is 0 Å². The van der Waals surface area contributed by atoms with Gasteiger partial charge in [-0.15, -0.1) is 11.3 Å². The van der Waals surface area contributed by atoms with Gasteiger partial charge in [-0.1, -0.05) is 0 Å². The molecule has 0 saturated heterocycles. The van der Waals surface area contributed by atoms with Gasteiger partial charge in [-0.3, -0.25) is 0 Å². The van der Waals surface area contributed by atoms with Gasteiger partial charge in [0.25, 0.3) is 0 Å². The lowest BCUT2D eigenvalue weighted by Crippen LogP contribution is -2.33. The van der Waals surface area contributed by atoms with Crippen molar-refractivity contribution in [3.05, 3.63) is 34.3 Å². The summed E-state index contributed by atoms with van der Waals surface area (Å²) in [5.41, 5.74) is 1.62. The molecule has 0 radical (unpaired) electrons. The number of imidazole rings is 1. The highest BCUT2D eigenvalue weighted by Gasteiger charge is 2.15. The minimum Gasteiger partial charge on any atom is -0.444 e. The Labute approximate surface area is 134 Å². The van der Waals surface area contributed by atoms with Crippen LogP contribution >= 0.6 is 11.3 Å². The van der Waals surface area contributed by atoms with Crippen molar-refractivity contribution in [1.82, 2.24) is 19.9 Å². The third-order valence-corrected chi connectivity index (χ3v) is 3.77. The van der Waals surface area contributed by atoms with Crippen LogP contribution in [0.3, 0.4) is 0 Å². The van der Waals surface area contributed by atoms with Crippen LogP contribution in [0.5, 0.6) is 0 Å². The Morgan fingerprint density at radius 1 is 1.45 bits per heavy atom. The second-order valence-electron chi connectivity index (χ2n) is 6.07. The molecular formula is C15H22N4O2S. The van der Waals surface area contributed by atoms with Crippen molar-refractivity contribution >= 4 is 17.4 Å². The quantitative estimate of drug-likeness (QED) is 0.919. The van der Waals surface area contributed by atoms with Gasteiger partial charge in [-0.25, -0.2) is 14.8 Å². The molecule has 0 aliphatic rings. The molecule has 0 spiro atoms. The van der Waals surface area contributed by atoms with Gasteiger partial charge in [0, 0.05) is 35.9 Å². The number of alkyl carbamates (subject to hydrolysis) is 1. The highest BCUT2D eigenvalue weighted by atomic mass is 32.1. The SMILES string of the molecule is Cc1csc(Cn2cncc2CCNC(=O)OC(C)(C)C)n1. The smallest absolute Gasteiger partial charge is 0.407 e. The first-order valence-corrected chi connectivity index (χ1v) is 8.08. The minimum absolute atomic E-state index is 0.394. The molecule has 0 unspecified atom stereocenters. The predicted octanol–water partition coefficient (Wildman–Crippen LogP) is 2.76. The van der Waals surface area contributed by atoms with Crippen LogP contribution in [0.1, 0.15) is 37.2 Å². The number of hydrogen-bond acceptors (Lipinski definition) is 5. The van der Waals surface area contributed by atoms with Gasteiger partial charge < -0.3 is 14.6 Å². The Bertz CT molecular complexity index is 628. The molecule has 0 saturated carbocycles. The Hall–Kier alpha value is -1.89. The number of nitrogens with zero attached hydrogens (tertiary/aromatic N) is 3. The molecule has 22 heavy (non-hydrogen) atoms. The van der Waals surface area contributed by atoms with E-state index in [0.717, 1.165) is 16.4 Å². The summed E-state index contributed by atoms with van der Waals surface area (Å²) in [5, 5.41) is 5.85. The fourth-order valence-corrected chi connectivity index (χ4v) is 2.70. The lowest BCUT2D eigenvalue weighted by Gasteiger charge is -2.19. The fraction of sp³-hybridized carbons (Fsp3) is 0.533. The number of thiazole rings is 1. The van der Waals surface area contributed by atoms with Gasteiger partial charge in [0.05, 0.1) is 12.9 Å². The third kappa shape index (κ3) is 5.14. The maximum absolute atomic E-state index is 11.6. The average Bonchev–Trinajstić information content (AvgIpc) is 2.98. The molecule has 0 bridgehead atoms. The van der Waals surface area contributed by atoms with E-state index in [-0.39, 0.29) is 0 Å². The number of aryl methyl sites for hydroxylation is 1. The van der Waals surface area contributed by atoms with Gasteiger partial charge in [0.2, 0.25) is 0 Å². The molecule has 2 aromatic heterocycles. The summed E-state index contributed by atoms with van der Waals surface area (Å²) in [6, 6.07) is 0. The largest absolute Gasteiger partial charge is 0.444 e. The first-order chi connectivity index (χ1) is 10.3. The molecule has 2 heterocycles. The molecule has 6 nitrogen and oxygen atoms in total. The zero-order valence-electron chi connectivity index (χ0n) is 13.4. The summed E-state index contributed by atoms with van der Waals surface area (Å²) in [6.45, 7) is 8.74. The summed E-state index contributed by atoms with van der Waals surface area (Å²) in [4.78, 5) is 20.2. The van der Waals surface area contributed by atoms with Crippen molar-refractivity contribution in [2.24, 2.45) is 0 Å². The van der Waals surface area contributed by atoms with Crippen LogP contribution in [0.25, 0.3) is 0 Å². The highest BCUT2D eigenvalue weighted by molar-refractivity contribution is 7.09. The lowest BCUT2D eigenvalue weighted by atomic mass is 10.2. The number of carbonyl (C=O) groups is 1. The van der Waals surface area contributed by atoms with Gasteiger partial charge >= 0.3 is 6.09 Å². The molecule has 0 atom stereocenters. The van der Waals surface area contributed by atoms with Gasteiger partial charge in [0.15, 0.2) is 0 Å². The van der Waals surface area contributed by atoms with E-state index in [1.807, 2.05) is 39.3 Å². The molecule has 120 valence electrons. The topological polar surface area (TPSA) is 69.0 Å². The third-order valence-electron chi connectivity index (χ3n) is 2.82. The summed E-state index contributed by atoms with van der Waals surface area (Å²) < 4.78 is 7.26. The Kier molecular flexibility index (Phi) is 5.18.